The second-order valence-corrected chi connectivity index (χ2v) is 11.2. The number of aliphatic hydroxyl groups excluding tert-OH is 1. The normalized spacial score (nSPS) is 11.5. The lowest BCUT2D eigenvalue weighted by Gasteiger charge is -2.32. The molecule has 0 aromatic heterocycles. The molecule has 0 radical (unpaired) electrons. The molecule has 0 rings (SSSR count). The number of rotatable bonds is 24. The molecule has 0 spiro atoms. The van der Waals surface area contributed by atoms with Crippen molar-refractivity contribution in [2.24, 2.45) is 10.8 Å². The van der Waals surface area contributed by atoms with E-state index in [9.17, 15) is 33.9 Å². The monoisotopic (exact) mass is 633 g/mol. The zero-order valence-electron chi connectivity index (χ0n) is 27.1. The number of nitrogens with zero attached hydrogens (tertiary/aromatic N) is 1. The van der Waals surface area contributed by atoms with Gasteiger partial charge in [-0.15, -0.1) is 0 Å². The van der Waals surface area contributed by atoms with Crippen molar-refractivity contribution in [3.05, 3.63) is 0 Å². The zero-order valence-corrected chi connectivity index (χ0v) is 27.1. The fourth-order valence-corrected chi connectivity index (χ4v) is 4.36. The third-order valence-corrected chi connectivity index (χ3v) is 6.77. The van der Waals surface area contributed by atoms with E-state index in [1.807, 2.05) is 0 Å². The van der Waals surface area contributed by atoms with Crippen LogP contribution in [0, 0.1) is 10.8 Å². The van der Waals surface area contributed by atoms with E-state index < -0.39 is 46.6 Å². The van der Waals surface area contributed by atoms with Crippen LogP contribution in [0.1, 0.15) is 80.1 Å². The second kappa shape index (κ2) is 22.3. The molecule has 0 amide bonds. The van der Waals surface area contributed by atoms with Gasteiger partial charge in [0.05, 0.1) is 17.4 Å². The summed E-state index contributed by atoms with van der Waals surface area (Å²) in [6.07, 6.45) is 3.52. The van der Waals surface area contributed by atoms with E-state index >= 15 is 0 Å². The first-order valence-corrected chi connectivity index (χ1v) is 14.8. The van der Waals surface area contributed by atoms with Crippen molar-refractivity contribution in [1.29, 1.82) is 0 Å². The van der Waals surface area contributed by atoms with Gasteiger partial charge >= 0.3 is 35.8 Å². The molecular formula is C30H51NO13. The summed E-state index contributed by atoms with van der Waals surface area (Å²) in [6.45, 7) is 8.73. The summed E-state index contributed by atoms with van der Waals surface area (Å²) in [4.78, 5) is 71.1. The molecule has 14 heteroatoms. The van der Waals surface area contributed by atoms with Crippen LogP contribution >= 0.6 is 0 Å². The number of esters is 6. The van der Waals surface area contributed by atoms with Crippen LogP contribution in [0.15, 0.2) is 0 Å². The van der Waals surface area contributed by atoms with E-state index in [0.717, 1.165) is 0 Å². The Labute approximate surface area is 260 Å². The molecule has 0 saturated carbocycles. The minimum absolute atomic E-state index is 0.0510. The van der Waals surface area contributed by atoms with Crippen molar-refractivity contribution in [2.45, 2.75) is 80.1 Å². The summed E-state index contributed by atoms with van der Waals surface area (Å²) in [6, 6.07) is 0. The zero-order chi connectivity index (χ0) is 33.6. The first kappa shape index (κ1) is 40.7. The molecule has 0 bridgehead atoms. The predicted molar refractivity (Wildman–Crippen MR) is 156 cm³/mol. The third kappa shape index (κ3) is 20.6. The van der Waals surface area contributed by atoms with Gasteiger partial charge in [-0.3, -0.25) is 28.8 Å². The lowest BCUT2D eigenvalue weighted by atomic mass is 9.84. The fourth-order valence-electron chi connectivity index (χ4n) is 4.36. The Hall–Kier alpha value is -3.26. The molecule has 0 atom stereocenters. The van der Waals surface area contributed by atoms with Gasteiger partial charge < -0.3 is 38.4 Å². The van der Waals surface area contributed by atoms with Gasteiger partial charge in [0.2, 0.25) is 0 Å². The Morgan fingerprint density at radius 1 is 0.455 bits per heavy atom. The Bertz CT molecular complexity index is 760. The van der Waals surface area contributed by atoms with Crippen LogP contribution in [0.4, 0.5) is 0 Å². The summed E-state index contributed by atoms with van der Waals surface area (Å²) in [5.41, 5.74) is -1.81. The van der Waals surface area contributed by atoms with Crippen molar-refractivity contribution in [1.82, 2.24) is 4.90 Å². The summed E-state index contributed by atoms with van der Waals surface area (Å²) in [7, 11) is 0. The highest BCUT2D eigenvalue weighted by Gasteiger charge is 2.36. The molecule has 0 saturated heterocycles. The summed E-state index contributed by atoms with van der Waals surface area (Å²) >= 11 is 0. The Morgan fingerprint density at radius 3 is 0.909 bits per heavy atom. The summed E-state index contributed by atoms with van der Waals surface area (Å²) in [5.74, 6) is -3.05. The van der Waals surface area contributed by atoms with Crippen molar-refractivity contribution in [3.8, 4) is 0 Å². The van der Waals surface area contributed by atoms with E-state index in [2.05, 4.69) is 4.90 Å². The van der Waals surface area contributed by atoms with Crippen LogP contribution in [-0.4, -0.2) is 112 Å². The molecule has 44 heavy (non-hydrogen) atoms. The molecule has 0 aromatic rings. The van der Waals surface area contributed by atoms with Crippen LogP contribution in [0.25, 0.3) is 0 Å². The number of unbranched alkanes of at least 4 members (excludes halogenated alkanes) is 2. The van der Waals surface area contributed by atoms with Crippen molar-refractivity contribution in [3.63, 3.8) is 0 Å². The van der Waals surface area contributed by atoms with Crippen molar-refractivity contribution >= 4 is 35.8 Å². The Morgan fingerprint density at radius 2 is 0.705 bits per heavy atom. The van der Waals surface area contributed by atoms with Gasteiger partial charge in [-0.2, -0.15) is 0 Å². The van der Waals surface area contributed by atoms with Crippen LogP contribution in [0.5, 0.6) is 0 Å². The second-order valence-electron chi connectivity index (χ2n) is 11.2. The van der Waals surface area contributed by atoms with Crippen molar-refractivity contribution < 1.29 is 62.3 Å². The van der Waals surface area contributed by atoms with Crippen LogP contribution in [0.2, 0.25) is 0 Å². The highest BCUT2D eigenvalue weighted by molar-refractivity contribution is 5.68. The molecule has 0 aliphatic rings. The summed E-state index contributed by atoms with van der Waals surface area (Å²) in [5, 5.41) is 9.61. The van der Waals surface area contributed by atoms with Gasteiger partial charge in [0.15, 0.2) is 0 Å². The average molecular weight is 634 g/mol. The minimum Gasteiger partial charge on any atom is -0.465 e. The van der Waals surface area contributed by atoms with Gasteiger partial charge in [-0.25, -0.2) is 0 Å². The molecule has 254 valence electrons. The Kier molecular flexibility index (Phi) is 20.6. The predicted octanol–water partition coefficient (Wildman–Crippen LogP) is 1.97. The van der Waals surface area contributed by atoms with E-state index in [-0.39, 0.29) is 46.2 Å². The smallest absolute Gasteiger partial charge is 0.302 e. The van der Waals surface area contributed by atoms with Crippen LogP contribution in [0.3, 0.4) is 0 Å². The molecule has 0 aromatic carbocycles. The molecule has 1 N–H and O–H groups in total. The average Bonchev–Trinajstić information content (AvgIpc) is 2.93. The maximum atomic E-state index is 11.5. The van der Waals surface area contributed by atoms with E-state index in [1.54, 1.807) is 0 Å². The molecule has 0 fully saturated rings. The highest BCUT2D eigenvalue weighted by Crippen LogP contribution is 2.29. The maximum absolute atomic E-state index is 11.5. The highest BCUT2D eigenvalue weighted by atomic mass is 16.6. The number of hydrogen-bond donors (Lipinski definition) is 1. The SMILES string of the molecule is CC(=O)OCC(CCCCN(CCO)CCCCC(COC(C)=O)(COC(C)=O)COC(C)=O)(COC(C)=O)COC(C)=O. The molecule has 0 heterocycles. The van der Waals surface area contributed by atoms with Gasteiger partial charge in [0.25, 0.3) is 0 Å². The lowest BCUT2D eigenvalue weighted by Crippen LogP contribution is -2.39. The van der Waals surface area contributed by atoms with Gasteiger partial charge in [-0.05, 0) is 38.8 Å². The number of carbonyl (C=O) groups is 6. The number of aliphatic hydroxyl groups is 1. The largest absolute Gasteiger partial charge is 0.465 e. The fraction of sp³-hybridized carbons (Fsp3) is 0.800. The van der Waals surface area contributed by atoms with Gasteiger partial charge in [0, 0.05) is 48.1 Å². The quantitative estimate of drug-likeness (QED) is 0.0925. The first-order valence-electron chi connectivity index (χ1n) is 14.8. The molecule has 14 nitrogen and oxygen atoms in total. The van der Waals surface area contributed by atoms with Crippen LogP contribution < -0.4 is 0 Å². The maximum Gasteiger partial charge on any atom is 0.302 e. The summed E-state index contributed by atoms with van der Waals surface area (Å²) < 4.78 is 31.3. The van der Waals surface area contributed by atoms with E-state index in [1.165, 1.54) is 41.5 Å². The van der Waals surface area contributed by atoms with Crippen molar-refractivity contribution in [2.75, 3.05) is 65.9 Å². The van der Waals surface area contributed by atoms with E-state index in [0.29, 0.717) is 58.2 Å². The standard InChI is InChI=1S/C30H51NO13/c1-23(33)39-17-29(18-40-24(2)34,19-41-25(3)35)11-7-9-13-31(15-16-32)14-10-8-12-30(20-42-26(4)36,21-43-27(5)37)22-44-28(6)38/h32H,7-22H2,1-6H3. The van der Waals surface area contributed by atoms with Gasteiger partial charge in [-0.1, -0.05) is 12.8 Å². The minimum atomic E-state index is -0.903. The van der Waals surface area contributed by atoms with E-state index in [4.69, 9.17) is 28.4 Å². The topological polar surface area (TPSA) is 181 Å². The third-order valence-electron chi connectivity index (χ3n) is 6.77. The number of ether oxygens (including phenoxy) is 6. The van der Waals surface area contributed by atoms with Crippen LogP contribution in [-0.2, 0) is 57.2 Å². The molecule has 0 aliphatic carbocycles. The Balaban J connectivity index is 5.29. The number of carbonyl (C=O) groups excluding carboxylic acids is 6. The van der Waals surface area contributed by atoms with Gasteiger partial charge in [0.1, 0.15) is 39.6 Å². The first-order chi connectivity index (χ1) is 20.6. The molecule has 0 unspecified atom stereocenters. The number of hydrogen-bond acceptors (Lipinski definition) is 14. The molecular weight excluding hydrogens is 582 g/mol. The lowest BCUT2D eigenvalue weighted by molar-refractivity contribution is -0.162. The molecule has 0 aliphatic heterocycles.